The van der Waals surface area contributed by atoms with Gasteiger partial charge < -0.3 is 4.74 Å². The third-order valence-electron chi connectivity index (χ3n) is 7.29. The lowest BCUT2D eigenvalue weighted by atomic mass is 10.0. The zero-order valence-electron chi connectivity index (χ0n) is 24.0. The molecule has 0 bridgehead atoms. The van der Waals surface area contributed by atoms with Gasteiger partial charge in [0.25, 0.3) is 0 Å². The van der Waals surface area contributed by atoms with Crippen molar-refractivity contribution in [2.75, 3.05) is 0 Å². The van der Waals surface area contributed by atoms with Crippen LogP contribution in [0.25, 0.3) is 0 Å². The molecule has 0 fully saturated rings. The van der Waals surface area contributed by atoms with E-state index in [1.54, 1.807) is 0 Å². The van der Waals surface area contributed by atoms with Crippen molar-refractivity contribution in [3.63, 3.8) is 0 Å². The van der Waals surface area contributed by atoms with Gasteiger partial charge in [0, 0.05) is 6.42 Å². The molecule has 2 nitrogen and oxygen atoms in total. The number of carbonyl (C=O) groups is 1. The van der Waals surface area contributed by atoms with Crippen molar-refractivity contribution in [1.29, 1.82) is 0 Å². The molecule has 0 N–H and O–H groups in total. The maximum absolute atomic E-state index is 12.4. The minimum absolute atomic E-state index is 0.0556. The first-order valence-electron chi connectivity index (χ1n) is 15.9. The summed E-state index contributed by atoms with van der Waals surface area (Å²) in [6.45, 7) is 6.79. The summed E-state index contributed by atoms with van der Waals surface area (Å²) in [6, 6.07) is 0. The number of carbonyl (C=O) groups excluding carboxylic acids is 1. The van der Waals surface area contributed by atoms with Crippen LogP contribution >= 0.6 is 0 Å². The molecule has 0 aromatic rings. The van der Waals surface area contributed by atoms with Gasteiger partial charge in [-0.15, -0.1) is 0 Å². The van der Waals surface area contributed by atoms with Crippen LogP contribution in [0.1, 0.15) is 194 Å². The Balaban J connectivity index is 3.63. The lowest BCUT2D eigenvalue weighted by Crippen LogP contribution is -2.18. The van der Waals surface area contributed by atoms with Crippen LogP contribution in [0, 0.1) is 0 Å². The zero-order valence-corrected chi connectivity index (χ0v) is 24.0. The molecule has 0 heterocycles. The summed E-state index contributed by atoms with van der Waals surface area (Å²) in [6.07, 6.45) is 34.9. The van der Waals surface area contributed by atoms with Gasteiger partial charge in [0.05, 0.1) is 0 Å². The van der Waals surface area contributed by atoms with Gasteiger partial charge >= 0.3 is 5.97 Å². The van der Waals surface area contributed by atoms with Gasteiger partial charge in [0.2, 0.25) is 0 Å². The van der Waals surface area contributed by atoms with Crippen molar-refractivity contribution in [2.45, 2.75) is 200 Å². The lowest BCUT2D eigenvalue weighted by molar-refractivity contribution is -0.150. The largest absolute Gasteiger partial charge is 0.462 e. The molecule has 0 aromatic carbocycles. The number of unbranched alkanes of at least 4 members (excludes halogenated alkanes) is 21. The molecule has 0 aliphatic carbocycles. The first-order valence-corrected chi connectivity index (χ1v) is 15.9. The lowest BCUT2D eigenvalue weighted by Gasteiger charge is -2.18. The predicted molar refractivity (Wildman–Crippen MR) is 152 cm³/mol. The molecule has 0 aliphatic heterocycles. The number of ether oxygens (including phenoxy) is 1. The molecule has 0 radical (unpaired) electrons. The molecule has 0 aromatic heterocycles. The van der Waals surface area contributed by atoms with Crippen LogP contribution in [0.5, 0.6) is 0 Å². The second-order valence-electron chi connectivity index (χ2n) is 10.9. The normalized spacial score (nSPS) is 12.2. The first-order chi connectivity index (χ1) is 16.7. The summed E-state index contributed by atoms with van der Waals surface area (Å²) in [5.41, 5.74) is 0. The quantitative estimate of drug-likeness (QED) is 0.0821. The smallest absolute Gasteiger partial charge is 0.306 e. The van der Waals surface area contributed by atoms with Gasteiger partial charge in [-0.3, -0.25) is 4.79 Å². The van der Waals surface area contributed by atoms with E-state index in [9.17, 15) is 4.79 Å². The van der Waals surface area contributed by atoms with Crippen LogP contribution in [0.4, 0.5) is 0 Å². The number of rotatable bonds is 28. The fourth-order valence-corrected chi connectivity index (χ4v) is 4.91. The van der Waals surface area contributed by atoms with Gasteiger partial charge in [0.1, 0.15) is 6.10 Å². The van der Waals surface area contributed by atoms with Crippen molar-refractivity contribution < 1.29 is 9.53 Å². The van der Waals surface area contributed by atoms with E-state index in [1.165, 1.54) is 148 Å². The van der Waals surface area contributed by atoms with Crippen molar-refractivity contribution in [3.8, 4) is 0 Å². The Morgan fingerprint density at radius 1 is 0.441 bits per heavy atom. The molecule has 0 spiro atoms. The second kappa shape index (κ2) is 28.7. The Kier molecular flexibility index (Phi) is 28.3. The zero-order chi connectivity index (χ0) is 25.0. The van der Waals surface area contributed by atoms with E-state index in [1.807, 2.05) is 0 Å². The van der Waals surface area contributed by atoms with Gasteiger partial charge in [-0.05, 0) is 25.7 Å². The number of hydrogen-bond donors (Lipinski definition) is 0. The molecule has 0 amide bonds. The Hall–Kier alpha value is -0.530. The average molecular weight is 481 g/mol. The molecular weight excluding hydrogens is 416 g/mol. The Labute approximate surface area is 215 Å². The highest BCUT2D eigenvalue weighted by molar-refractivity contribution is 5.69. The van der Waals surface area contributed by atoms with E-state index in [2.05, 4.69) is 20.8 Å². The van der Waals surface area contributed by atoms with Gasteiger partial charge in [0.15, 0.2) is 0 Å². The van der Waals surface area contributed by atoms with E-state index in [0.29, 0.717) is 6.42 Å². The monoisotopic (exact) mass is 480 g/mol. The Morgan fingerprint density at radius 2 is 0.765 bits per heavy atom. The molecule has 0 saturated carbocycles. The predicted octanol–water partition coefficient (Wildman–Crippen LogP) is 11.5. The highest BCUT2D eigenvalue weighted by atomic mass is 16.5. The van der Waals surface area contributed by atoms with Crippen LogP contribution in [0.15, 0.2) is 0 Å². The topological polar surface area (TPSA) is 26.3 Å². The molecule has 0 aliphatic rings. The minimum atomic E-state index is 0.0556. The maximum Gasteiger partial charge on any atom is 0.306 e. The third-order valence-corrected chi connectivity index (χ3v) is 7.29. The van der Waals surface area contributed by atoms with Crippen LogP contribution in [-0.4, -0.2) is 12.1 Å². The van der Waals surface area contributed by atoms with Crippen LogP contribution in [-0.2, 0) is 9.53 Å². The van der Waals surface area contributed by atoms with Crippen LogP contribution in [0.3, 0.4) is 0 Å². The average Bonchev–Trinajstić information content (AvgIpc) is 2.84. The summed E-state index contributed by atoms with van der Waals surface area (Å²) in [5.74, 6) is 0.0556. The summed E-state index contributed by atoms with van der Waals surface area (Å²) in [7, 11) is 0. The molecule has 34 heavy (non-hydrogen) atoms. The summed E-state index contributed by atoms with van der Waals surface area (Å²) < 4.78 is 5.89. The fourth-order valence-electron chi connectivity index (χ4n) is 4.91. The maximum atomic E-state index is 12.4. The van der Waals surface area contributed by atoms with E-state index < -0.39 is 0 Å². The summed E-state index contributed by atoms with van der Waals surface area (Å²) >= 11 is 0. The third kappa shape index (κ3) is 26.1. The highest BCUT2D eigenvalue weighted by Gasteiger charge is 2.13. The SMILES string of the molecule is CCCCCCCCCCCCCCCC(=O)OC(CCCC)CCCCCCCCCCC. The van der Waals surface area contributed by atoms with Gasteiger partial charge in [-0.1, -0.05) is 162 Å². The van der Waals surface area contributed by atoms with Crippen molar-refractivity contribution in [3.05, 3.63) is 0 Å². The van der Waals surface area contributed by atoms with E-state index >= 15 is 0 Å². The number of esters is 1. The first kappa shape index (κ1) is 33.5. The van der Waals surface area contributed by atoms with E-state index in [-0.39, 0.29) is 12.1 Å². The standard InChI is InChI=1S/C32H64O2/c1-4-7-10-12-14-16-17-18-19-21-23-25-27-30-32(33)34-31(28-9-6-3)29-26-24-22-20-15-13-11-8-5-2/h31H,4-30H2,1-3H3. The molecule has 0 saturated heterocycles. The summed E-state index contributed by atoms with van der Waals surface area (Å²) in [5, 5.41) is 0. The van der Waals surface area contributed by atoms with Crippen LogP contribution in [0.2, 0.25) is 0 Å². The highest BCUT2D eigenvalue weighted by Crippen LogP contribution is 2.18. The second-order valence-corrected chi connectivity index (χ2v) is 10.9. The Morgan fingerprint density at radius 3 is 1.18 bits per heavy atom. The molecule has 204 valence electrons. The molecule has 2 heteroatoms. The van der Waals surface area contributed by atoms with E-state index in [4.69, 9.17) is 4.74 Å². The summed E-state index contributed by atoms with van der Waals surface area (Å²) in [4.78, 5) is 12.4. The van der Waals surface area contributed by atoms with Crippen LogP contribution < -0.4 is 0 Å². The van der Waals surface area contributed by atoms with Crippen molar-refractivity contribution in [2.24, 2.45) is 0 Å². The Bertz CT molecular complexity index is 392. The van der Waals surface area contributed by atoms with Gasteiger partial charge in [-0.2, -0.15) is 0 Å². The minimum Gasteiger partial charge on any atom is -0.462 e. The molecule has 0 rings (SSSR count). The van der Waals surface area contributed by atoms with E-state index in [0.717, 1.165) is 19.3 Å². The number of hydrogen-bond acceptors (Lipinski definition) is 2. The van der Waals surface area contributed by atoms with Crippen molar-refractivity contribution >= 4 is 5.97 Å². The molecule has 1 atom stereocenters. The fraction of sp³-hybridized carbons (Fsp3) is 0.969. The van der Waals surface area contributed by atoms with Crippen molar-refractivity contribution in [1.82, 2.24) is 0 Å². The molecular formula is C32H64O2. The van der Waals surface area contributed by atoms with Gasteiger partial charge in [-0.25, -0.2) is 0 Å². The molecule has 1 unspecified atom stereocenters.